The summed E-state index contributed by atoms with van der Waals surface area (Å²) < 4.78 is 37.8. The zero-order valence-corrected chi connectivity index (χ0v) is 7.80. The second-order valence-electron chi connectivity index (χ2n) is 4.44. The van der Waals surface area contributed by atoms with Gasteiger partial charge in [-0.2, -0.15) is 13.2 Å². The minimum absolute atomic E-state index is 0.0134. The molecule has 2 aliphatic rings. The molecule has 0 bridgehead atoms. The summed E-state index contributed by atoms with van der Waals surface area (Å²) in [7, 11) is 0. The SMILES string of the molecule is CC(C)N1CC2CC2[C@H]1C(F)(F)F. The van der Waals surface area contributed by atoms with E-state index in [1.165, 1.54) is 0 Å². The Morgan fingerprint density at radius 2 is 1.92 bits per heavy atom. The minimum atomic E-state index is -4.03. The third-order valence-electron chi connectivity index (χ3n) is 3.18. The molecule has 2 rings (SSSR count). The maximum atomic E-state index is 12.6. The van der Waals surface area contributed by atoms with E-state index in [-0.39, 0.29) is 12.0 Å². The van der Waals surface area contributed by atoms with E-state index >= 15 is 0 Å². The van der Waals surface area contributed by atoms with Gasteiger partial charge in [0.25, 0.3) is 0 Å². The van der Waals surface area contributed by atoms with Crippen LogP contribution in [0, 0.1) is 11.8 Å². The molecule has 0 radical (unpaired) electrons. The molecular weight excluding hydrogens is 179 g/mol. The van der Waals surface area contributed by atoms with Crippen molar-refractivity contribution in [2.75, 3.05) is 6.54 Å². The van der Waals surface area contributed by atoms with Gasteiger partial charge in [-0.05, 0) is 32.1 Å². The van der Waals surface area contributed by atoms with Gasteiger partial charge in [-0.15, -0.1) is 0 Å². The number of halogens is 3. The van der Waals surface area contributed by atoms with Crippen molar-refractivity contribution in [1.29, 1.82) is 0 Å². The molecule has 13 heavy (non-hydrogen) atoms. The van der Waals surface area contributed by atoms with E-state index in [1.807, 2.05) is 13.8 Å². The highest BCUT2D eigenvalue weighted by molar-refractivity contribution is 5.07. The molecule has 1 nitrogen and oxygen atoms in total. The van der Waals surface area contributed by atoms with Crippen molar-refractivity contribution >= 4 is 0 Å². The summed E-state index contributed by atoms with van der Waals surface area (Å²) in [4.78, 5) is 1.60. The van der Waals surface area contributed by atoms with Crippen LogP contribution in [0.15, 0.2) is 0 Å². The normalized spacial score (nSPS) is 39.7. The summed E-state index contributed by atoms with van der Waals surface area (Å²) in [5, 5.41) is 0. The maximum Gasteiger partial charge on any atom is 0.404 e. The van der Waals surface area contributed by atoms with Crippen molar-refractivity contribution in [3.63, 3.8) is 0 Å². The van der Waals surface area contributed by atoms with Crippen LogP contribution in [0.1, 0.15) is 20.3 Å². The molecule has 0 aromatic heterocycles. The molecule has 0 spiro atoms. The Morgan fingerprint density at radius 1 is 1.31 bits per heavy atom. The standard InChI is InChI=1S/C9H14F3N/c1-5(2)13-4-6-3-7(6)8(13)9(10,11)12/h5-8H,3-4H2,1-2H3/t6?,7?,8-/m0/s1. The summed E-state index contributed by atoms with van der Waals surface area (Å²) in [6.45, 7) is 4.32. The van der Waals surface area contributed by atoms with Crippen LogP contribution in [0.5, 0.6) is 0 Å². The lowest BCUT2D eigenvalue weighted by molar-refractivity contribution is -0.186. The molecule has 0 aromatic rings. The van der Waals surface area contributed by atoms with Crippen LogP contribution in [-0.4, -0.2) is 29.7 Å². The van der Waals surface area contributed by atoms with Crippen molar-refractivity contribution < 1.29 is 13.2 Å². The first-order chi connectivity index (χ1) is 5.91. The van der Waals surface area contributed by atoms with Gasteiger partial charge in [-0.1, -0.05) is 0 Å². The summed E-state index contributed by atoms with van der Waals surface area (Å²) in [6, 6.07) is -1.14. The number of fused-ring (bicyclic) bond motifs is 1. The monoisotopic (exact) mass is 193 g/mol. The van der Waals surface area contributed by atoms with Crippen LogP contribution < -0.4 is 0 Å². The molecular formula is C9H14F3N. The van der Waals surface area contributed by atoms with Crippen LogP contribution in [0.25, 0.3) is 0 Å². The second kappa shape index (κ2) is 2.62. The molecule has 0 amide bonds. The number of rotatable bonds is 1. The molecule has 76 valence electrons. The predicted octanol–water partition coefficient (Wildman–Crippen LogP) is 2.28. The van der Waals surface area contributed by atoms with Crippen molar-refractivity contribution in [3.05, 3.63) is 0 Å². The third kappa shape index (κ3) is 1.45. The van der Waals surface area contributed by atoms with Crippen LogP contribution in [0.3, 0.4) is 0 Å². The van der Waals surface area contributed by atoms with Gasteiger partial charge in [0.1, 0.15) is 6.04 Å². The number of alkyl halides is 3. The van der Waals surface area contributed by atoms with Crippen molar-refractivity contribution in [2.24, 2.45) is 11.8 Å². The molecule has 0 N–H and O–H groups in total. The summed E-state index contributed by atoms with van der Waals surface area (Å²) in [5.41, 5.74) is 0. The molecule has 1 aliphatic heterocycles. The lowest BCUT2D eigenvalue weighted by atomic mass is 10.1. The fourth-order valence-electron chi connectivity index (χ4n) is 2.46. The Balaban J connectivity index is 2.14. The number of hydrogen-bond donors (Lipinski definition) is 0. The lowest BCUT2D eigenvalue weighted by Crippen LogP contribution is -2.47. The molecule has 1 saturated heterocycles. The fourth-order valence-corrected chi connectivity index (χ4v) is 2.46. The van der Waals surface area contributed by atoms with Crippen molar-refractivity contribution in [3.8, 4) is 0 Å². The Bertz CT molecular complexity index is 211. The van der Waals surface area contributed by atoms with Crippen molar-refractivity contribution in [2.45, 2.75) is 38.5 Å². The molecule has 0 aromatic carbocycles. The lowest BCUT2D eigenvalue weighted by Gasteiger charge is -2.32. The smallest absolute Gasteiger partial charge is 0.289 e. The molecule has 1 heterocycles. The average Bonchev–Trinajstić information content (AvgIpc) is 2.58. The van der Waals surface area contributed by atoms with Gasteiger partial charge in [0.2, 0.25) is 0 Å². The molecule has 1 aliphatic carbocycles. The summed E-state index contributed by atoms with van der Waals surface area (Å²) in [5.74, 6) is 0.233. The third-order valence-corrected chi connectivity index (χ3v) is 3.18. The van der Waals surface area contributed by atoms with Gasteiger partial charge >= 0.3 is 6.18 Å². The van der Waals surface area contributed by atoms with E-state index in [2.05, 4.69) is 0 Å². The zero-order chi connectivity index (χ0) is 9.80. The van der Waals surface area contributed by atoms with E-state index < -0.39 is 12.2 Å². The largest absolute Gasteiger partial charge is 0.404 e. The highest BCUT2D eigenvalue weighted by Crippen LogP contribution is 2.54. The van der Waals surface area contributed by atoms with Gasteiger partial charge in [0, 0.05) is 12.6 Å². The minimum Gasteiger partial charge on any atom is -0.289 e. The molecule has 3 atom stereocenters. The number of piperidine rings is 1. The number of likely N-dealkylation sites (tertiary alicyclic amines) is 1. The van der Waals surface area contributed by atoms with Crippen LogP contribution in [0.2, 0.25) is 0 Å². The predicted molar refractivity (Wildman–Crippen MR) is 43.3 cm³/mol. The second-order valence-corrected chi connectivity index (χ2v) is 4.44. The van der Waals surface area contributed by atoms with Gasteiger partial charge in [0.05, 0.1) is 0 Å². The van der Waals surface area contributed by atoms with Crippen LogP contribution in [-0.2, 0) is 0 Å². The summed E-state index contributed by atoms with van der Waals surface area (Å²) >= 11 is 0. The number of nitrogens with zero attached hydrogens (tertiary/aromatic N) is 1. The van der Waals surface area contributed by atoms with E-state index in [0.717, 1.165) is 6.42 Å². The molecule has 4 heteroatoms. The first-order valence-electron chi connectivity index (χ1n) is 4.73. The van der Waals surface area contributed by atoms with E-state index in [4.69, 9.17) is 0 Å². The van der Waals surface area contributed by atoms with E-state index in [0.29, 0.717) is 12.5 Å². The van der Waals surface area contributed by atoms with Gasteiger partial charge in [-0.3, -0.25) is 4.90 Å². The van der Waals surface area contributed by atoms with Crippen molar-refractivity contribution in [1.82, 2.24) is 4.90 Å². The topological polar surface area (TPSA) is 3.24 Å². The molecule has 2 fully saturated rings. The Kier molecular flexibility index (Phi) is 1.88. The quantitative estimate of drug-likeness (QED) is 0.617. The molecule has 1 saturated carbocycles. The Labute approximate surface area is 75.9 Å². The van der Waals surface area contributed by atoms with E-state index in [9.17, 15) is 13.2 Å². The maximum absolute atomic E-state index is 12.6. The first kappa shape index (κ1) is 9.31. The highest BCUT2D eigenvalue weighted by atomic mass is 19.4. The van der Waals surface area contributed by atoms with Crippen LogP contribution >= 0.6 is 0 Å². The van der Waals surface area contributed by atoms with Gasteiger partial charge in [-0.25, -0.2) is 0 Å². The Morgan fingerprint density at radius 3 is 2.31 bits per heavy atom. The van der Waals surface area contributed by atoms with E-state index in [1.54, 1.807) is 4.90 Å². The zero-order valence-electron chi connectivity index (χ0n) is 7.80. The average molecular weight is 193 g/mol. The highest BCUT2D eigenvalue weighted by Gasteiger charge is 2.62. The first-order valence-corrected chi connectivity index (χ1v) is 4.73. The van der Waals surface area contributed by atoms with Crippen LogP contribution in [0.4, 0.5) is 13.2 Å². The molecule has 2 unspecified atom stereocenters. The van der Waals surface area contributed by atoms with Gasteiger partial charge < -0.3 is 0 Å². The number of hydrogen-bond acceptors (Lipinski definition) is 1. The fraction of sp³-hybridized carbons (Fsp3) is 1.00. The summed E-state index contributed by atoms with van der Waals surface area (Å²) in [6.07, 6.45) is -3.24. The Hall–Kier alpha value is -0.250. The van der Waals surface area contributed by atoms with Gasteiger partial charge in [0.15, 0.2) is 0 Å².